The highest BCUT2D eigenvalue weighted by atomic mass is 16.5. The van der Waals surface area contributed by atoms with Crippen molar-refractivity contribution in [2.24, 2.45) is 0 Å². The molecule has 1 unspecified atom stereocenters. The van der Waals surface area contributed by atoms with Crippen LogP contribution in [0.15, 0.2) is 48.5 Å². The number of nitrogens with one attached hydrogen (secondary N) is 1. The number of carbonyl (C=O) groups excluding carboxylic acids is 2. The minimum absolute atomic E-state index is 0.00829. The molecule has 0 fully saturated rings. The van der Waals surface area contributed by atoms with Gasteiger partial charge in [0.2, 0.25) is 5.91 Å². The molecule has 30 heavy (non-hydrogen) atoms. The van der Waals surface area contributed by atoms with Crippen LogP contribution >= 0.6 is 0 Å². The van der Waals surface area contributed by atoms with E-state index in [1.165, 1.54) is 10.5 Å². The highest BCUT2D eigenvalue weighted by Gasteiger charge is 2.18. The zero-order valence-electron chi connectivity index (χ0n) is 18.8. The summed E-state index contributed by atoms with van der Waals surface area (Å²) < 4.78 is 5.74. The first-order valence-electron chi connectivity index (χ1n) is 10.6. The number of amides is 2. The van der Waals surface area contributed by atoms with E-state index in [1.807, 2.05) is 31.2 Å². The average molecular weight is 411 g/mol. The van der Waals surface area contributed by atoms with Gasteiger partial charge >= 0.3 is 0 Å². The zero-order chi connectivity index (χ0) is 22.1. The van der Waals surface area contributed by atoms with Crippen molar-refractivity contribution in [2.75, 3.05) is 20.7 Å². The fraction of sp³-hybridized carbons (Fsp3) is 0.440. The maximum absolute atomic E-state index is 12.6. The van der Waals surface area contributed by atoms with Crippen molar-refractivity contribution in [3.05, 3.63) is 65.2 Å². The molecular formula is C25H34N2O3. The third-order valence-corrected chi connectivity index (χ3v) is 5.17. The Morgan fingerprint density at radius 2 is 1.70 bits per heavy atom. The molecule has 0 aliphatic heterocycles. The molecule has 0 aliphatic carbocycles. The molecule has 0 aromatic heterocycles. The Hall–Kier alpha value is -2.82. The minimum Gasteiger partial charge on any atom is -0.483 e. The third-order valence-electron chi connectivity index (χ3n) is 5.17. The van der Waals surface area contributed by atoms with Crippen LogP contribution in [0.3, 0.4) is 0 Å². The van der Waals surface area contributed by atoms with Crippen molar-refractivity contribution >= 4 is 11.8 Å². The minimum atomic E-state index is -0.161. The van der Waals surface area contributed by atoms with Crippen LogP contribution in [0.25, 0.3) is 0 Å². The smallest absolute Gasteiger partial charge is 0.259 e. The van der Waals surface area contributed by atoms with Crippen LogP contribution in [0.1, 0.15) is 62.3 Å². The first kappa shape index (κ1) is 23.5. The lowest BCUT2D eigenvalue weighted by Crippen LogP contribution is -2.30. The number of likely N-dealkylation sites (N-methyl/N-ethyl adjacent to an activating group) is 1. The van der Waals surface area contributed by atoms with Gasteiger partial charge in [0, 0.05) is 26.1 Å². The maximum atomic E-state index is 12.6. The van der Waals surface area contributed by atoms with E-state index in [0.29, 0.717) is 24.5 Å². The summed E-state index contributed by atoms with van der Waals surface area (Å²) >= 11 is 0. The van der Waals surface area contributed by atoms with Crippen LogP contribution < -0.4 is 10.1 Å². The molecule has 162 valence electrons. The van der Waals surface area contributed by atoms with Gasteiger partial charge in [-0.25, -0.2) is 0 Å². The van der Waals surface area contributed by atoms with E-state index in [-0.39, 0.29) is 24.5 Å². The first-order valence-corrected chi connectivity index (χ1v) is 10.6. The summed E-state index contributed by atoms with van der Waals surface area (Å²) in [6, 6.07) is 15.9. The van der Waals surface area contributed by atoms with Crippen molar-refractivity contribution in [1.29, 1.82) is 0 Å². The summed E-state index contributed by atoms with van der Waals surface area (Å²) in [7, 11) is 3.39. The van der Waals surface area contributed by atoms with Crippen molar-refractivity contribution in [3.63, 3.8) is 0 Å². The number of aryl methyl sites for hydroxylation is 1. The predicted molar refractivity (Wildman–Crippen MR) is 121 cm³/mol. The van der Waals surface area contributed by atoms with E-state index in [0.717, 1.165) is 17.5 Å². The standard InChI is InChI=1S/C25H34N2O3/c1-6-22(21-9-7-8-10-23(21)30-17-25(29)27(4)5)26-24(28)16-13-19-11-14-20(15-12-19)18(2)3/h7-12,14-15,18,22H,6,13,16-17H2,1-5H3,(H,26,28). The number of hydrogen-bond acceptors (Lipinski definition) is 3. The van der Waals surface area contributed by atoms with Crippen LogP contribution in [0.4, 0.5) is 0 Å². The average Bonchev–Trinajstić information content (AvgIpc) is 2.74. The fourth-order valence-corrected chi connectivity index (χ4v) is 3.16. The monoisotopic (exact) mass is 410 g/mol. The van der Waals surface area contributed by atoms with Crippen LogP contribution in [-0.2, 0) is 16.0 Å². The molecule has 0 bridgehead atoms. The van der Waals surface area contributed by atoms with Gasteiger partial charge in [-0.2, -0.15) is 0 Å². The summed E-state index contributed by atoms with van der Waals surface area (Å²) in [6.45, 7) is 6.34. The van der Waals surface area contributed by atoms with Gasteiger partial charge in [0.25, 0.3) is 5.91 Å². The molecule has 2 rings (SSSR count). The van der Waals surface area contributed by atoms with Gasteiger partial charge in [0.1, 0.15) is 5.75 Å². The van der Waals surface area contributed by atoms with Gasteiger partial charge in [-0.1, -0.05) is 63.2 Å². The summed E-state index contributed by atoms with van der Waals surface area (Å²) in [6.07, 6.45) is 1.87. The van der Waals surface area contributed by atoms with Crippen LogP contribution in [0.5, 0.6) is 5.75 Å². The molecule has 2 amide bonds. The van der Waals surface area contributed by atoms with Crippen molar-refractivity contribution < 1.29 is 14.3 Å². The number of benzene rings is 2. The van der Waals surface area contributed by atoms with E-state index in [1.54, 1.807) is 14.1 Å². The molecule has 0 saturated heterocycles. The Labute approximate surface area is 180 Å². The number of ether oxygens (including phenoxy) is 1. The zero-order valence-corrected chi connectivity index (χ0v) is 18.8. The summed E-state index contributed by atoms with van der Waals surface area (Å²) in [5.74, 6) is 1.03. The lowest BCUT2D eigenvalue weighted by molar-refractivity contribution is -0.130. The number of hydrogen-bond donors (Lipinski definition) is 1. The Morgan fingerprint density at radius 3 is 2.30 bits per heavy atom. The largest absolute Gasteiger partial charge is 0.483 e. The third kappa shape index (κ3) is 6.90. The van der Waals surface area contributed by atoms with Gasteiger partial charge in [0.15, 0.2) is 6.61 Å². The molecule has 5 heteroatoms. The molecule has 0 aliphatic rings. The van der Waals surface area contributed by atoms with Gasteiger partial charge in [0.05, 0.1) is 6.04 Å². The highest BCUT2D eigenvalue weighted by molar-refractivity contribution is 5.77. The number of rotatable bonds is 10. The van der Waals surface area contributed by atoms with Crippen molar-refractivity contribution in [3.8, 4) is 5.75 Å². The van der Waals surface area contributed by atoms with E-state index < -0.39 is 0 Å². The molecule has 1 N–H and O–H groups in total. The van der Waals surface area contributed by atoms with Gasteiger partial charge in [-0.05, 0) is 36.0 Å². The molecule has 1 atom stereocenters. The molecular weight excluding hydrogens is 376 g/mol. The molecule has 2 aromatic carbocycles. The molecule has 0 saturated carbocycles. The fourth-order valence-electron chi connectivity index (χ4n) is 3.16. The second-order valence-electron chi connectivity index (χ2n) is 8.04. The highest BCUT2D eigenvalue weighted by Crippen LogP contribution is 2.27. The normalized spacial score (nSPS) is 11.8. The number of para-hydroxylation sites is 1. The lowest BCUT2D eigenvalue weighted by Gasteiger charge is -2.21. The van der Waals surface area contributed by atoms with E-state index in [4.69, 9.17) is 4.74 Å². The summed E-state index contributed by atoms with van der Waals surface area (Å²) in [5.41, 5.74) is 3.35. The maximum Gasteiger partial charge on any atom is 0.259 e. The molecule has 0 spiro atoms. The SMILES string of the molecule is CCC(NC(=O)CCc1ccc(C(C)C)cc1)c1ccccc1OCC(=O)N(C)C. The molecule has 0 heterocycles. The van der Waals surface area contributed by atoms with E-state index >= 15 is 0 Å². The van der Waals surface area contributed by atoms with Crippen LogP contribution in [0, 0.1) is 0 Å². The molecule has 5 nitrogen and oxygen atoms in total. The Bertz CT molecular complexity index is 829. The summed E-state index contributed by atoms with van der Waals surface area (Å²) in [5, 5.41) is 3.12. The Morgan fingerprint density at radius 1 is 1.03 bits per heavy atom. The lowest BCUT2D eigenvalue weighted by atomic mass is 10.00. The number of carbonyl (C=O) groups is 2. The van der Waals surface area contributed by atoms with Crippen molar-refractivity contribution in [1.82, 2.24) is 10.2 Å². The number of nitrogens with zero attached hydrogens (tertiary/aromatic N) is 1. The Balaban J connectivity index is 1.97. The first-order chi connectivity index (χ1) is 14.3. The van der Waals surface area contributed by atoms with E-state index in [9.17, 15) is 9.59 Å². The Kier molecular flexibility index (Phi) is 8.90. The molecule has 0 radical (unpaired) electrons. The second-order valence-corrected chi connectivity index (χ2v) is 8.04. The topological polar surface area (TPSA) is 58.6 Å². The van der Waals surface area contributed by atoms with Gasteiger partial charge < -0.3 is 15.0 Å². The predicted octanol–water partition coefficient (Wildman–Crippen LogP) is 4.48. The quantitative estimate of drug-likeness (QED) is 0.628. The van der Waals surface area contributed by atoms with Gasteiger partial charge in [-0.3, -0.25) is 9.59 Å². The van der Waals surface area contributed by atoms with Crippen LogP contribution in [0.2, 0.25) is 0 Å². The summed E-state index contributed by atoms with van der Waals surface area (Å²) in [4.78, 5) is 25.9. The molecule has 2 aromatic rings. The van der Waals surface area contributed by atoms with Gasteiger partial charge in [-0.15, -0.1) is 0 Å². The van der Waals surface area contributed by atoms with Crippen molar-refractivity contribution in [2.45, 2.75) is 52.0 Å². The second kappa shape index (κ2) is 11.4. The van der Waals surface area contributed by atoms with E-state index in [2.05, 4.69) is 43.4 Å². The van der Waals surface area contributed by atoms with Crippen LogP contribution in [-0.4, -0.2) is 37.4 Å².